The Kier molecular flexibility index (Phi) is 5.01. The molecular formula is C8H9BrO2S2. The molecule has 0 fully saturated rings. The van der Waals surface area contributed by atoms with Crippen LogP contribution in [0.25, 0.3) is 0 Å². The molecule has 0 radical (unpaired) electrons. The number of hydrogen-bond acceptors (Lipinski definition) is 4. The number of aliphatic hydroxyl groups is 1. The lowest BCUT2D eigenvalue weighted by atomic mass is 10.3. The molecule has 0 aliphatic carbocycles. The van der Waals surface area contributed by atoms with Gasteiger partial charge in [-0.3, -0.25) is 4.79 Å². The van der Waals surface area contributed by atoms with E-state index in [-0.39, 0.29) is 12.4 Å². The van der Waals surface area contributed by atoms with E-state index in [9.17, 15) is 4.79 Å². The summed E-state index contributed by atoms with van der Waals surface area (Å²) in [7, 11) is 0. The standard InChI is InChI=1S/C8H9BrO2S2/c9-6-1-3-13-8(6)7(11)5-12-4-2-10/h1,3,10H,2,4-5H2. The van der Waals surface area contributed by atoms with Crippen LogP contribution in [-0.2, 0) is 0 Å². The fourth-order valence-electron chi connectivity index (χ4n) is 0.788. The SMILES string of the molecule is O=C(CSCCO)c1sccc1Br. The van der Waals surface area contributed by atoms with Gasteiger partial charge in [-0.2, -0.15) is 11.8 Å². The summed E-state index contributed by atoms with van der Waals surface area (Å²) in [6.45, 7) is 0.129. The summed E-state index contributed by atoms with van der Waals surface area (Å²) < 4.78 is 0.868. The second-order valence-electron chi connectivity index (χ2n) is 2.30. The van der Waals surface area contributed by atoms with Crippen molar-refractivity contribution in [1.29, 1.82) is 0 Å². The lowest BCUT2D eigenvalue weighted by Gasteiger charge is -1.97. The van der Waals surface area contributed by atoms with E-state index in [1.165, 1.54) is 23.1 Å². The highest BCUT2D eigenvalue weighted by molar-refractivity contribution is 9.10. The Bertz CT molecular complexity index is 285. The Balaban J connectivity index is 2.45. The first-order chi connectivity index (χ1) is 6.25. The van der Waals surface area contributed by atoms with Crippen LogP contribution >= 0.6 is 39.0 Å². The maximum Gasteiger partial charge on any atom is 0.183 e. The number of carbonyl (C=O) groups excluding carboxylic acids is 1. The Morgan fingerprint density at radius 2 is 2.46 bits per heavy atom. The smallest absolute Gasteiger partial charge is 0.183 e. The maximum absolute atomic E-state index is 11.5. The van der Waals surface area contributed by atoms with Crippen LogP contribution in [0.3, 0.4) is 0 Å². The summed E-state index contributed by atoms with van der Waals surface area (Å²) in [5, 5.41) is 10.4. The number of ketones is 1. The van der Waals surface area contributed by atoms with E-state index in [2.05, 4.69) is 15.9 Å². The molecule has 72 valence electrons. The summed E-state index contributed by atoms with van der Waals surface area (Å²) in [5.41, 5.74) is 0. The summed E-state index contributed by atoms with van der Waals surface area (Å²) in [5.74, 6) is 1.19. The van der Waals surface area contributed by atoms with Crippen LogP contribution in [0.5, 0.6) is 0 Å². The molecule has 0 spiro atoms. The van der Waals surface area contributed by atoms with Gasteiger partial charge in [0.25, 0.3) is 0 Å². The number of thioether (sulfide) groups is 1. The second-order valence-corrected chi connectivity index (χ2v) is 5.17. The summed E-state index contributed by atoms with van der Waals surface area (Å²) in [6, 6.07) is 1.87. The van der Waals surface area contributed by atoms with Crippen LogP contribution in [0.4, 0.5) is 0 Å². The van der Waals surface area contributed by atoms with Crippen molar-refractivity contribution in [3.63, 3.8) is 0 Å². The summed E-state index contributed by atoms with van der Waals surface area (Å²) in [6.07, 6.45) is 0. The molecule has 1 N–H and O–H groups in total. The predicted octanol–water partition coefficient (Wildman–Crippen LogP) is 2.42. The number of carbonyl (C=O) groups is 1. The lowest BCUT2D eigenvalue weighted by Crippen LogP contribution is -2.02. The van der Waals surface area contributed by atoms with Gasteiger partial charge in [0.1, 0.15) is 0 Å². The number of aliphatic hydroxyl groups excluding tert-OH is 1. The molecule has 0 saturated heterocycles. The molecule has 0 aliphatic heterocycles. The first kappa shape index (κ1) is 11.2. The quantitative estimate of drug-likeness (QED) is 0.665. The minimum Gasteiger partial charge on any atom is -0.396 e. The van der Waals surface area contributed by atoms with Crippen molar-refractivity contribution in [3.05, 3.63) is 20.8 Å². The number of thiophene rings is 1. The molecular weight excluding hydrogens is 272 g/mol. The molecule has 13 heavy (non-hydrogen) atoms. The summed E-state index contributed by atoms with van der Waals surface area (Å²) in [4.78, 5) is 12.2. The first-order valence-electron chi connectivity index (χ1n) is 3.70. The van der Waals surface area contributed by atoms with E-state index in [1.54, 1.807) is 0 Å². The van der Waals surface area contributed by atoms with Gasteiger partial charge in [-0.1, -0.05) is 0 Å². The predicted molar refractivity (Wildman–Crippen MR) is 60.8 cm³/mol. The van der Waals surface area contributed by atoms with E-state index in [0.717, 1.165) is 9.35 Å². The normalized spacial score (nSPS) is 10.3. The van der Waals surface area contributed by atoms with Crippen molar-refractivity contribution in [1.82, 2.24) is 0 Å². The second kappa shape index (κ2) is 5.80. The average Bonchev–Trinajstić information content (AvgIpc) is 2.52. The Hall–Kier alpha value is 0.160. The van der Waals surface area contributed by atoms with E-state index in [4.69, 9.17) is 5.11 Å². The first-order valence-corrected chi connectivity index (χ1v) is 6.53. The van der Waals surface area contributed by atoms with Crippen LogP contribution in [0.1, 0.15) is 9.67 Å². The Morgan fingerprint density at radius 3 is 3.00 bits per heavy atom. The van der Waals surface area contributed by atoms with Gasteiger partial charge in [-0.05, 0) is 27.4 Å². The highest BCUT2D eigenvalue weighted by Gasteiger charge is 2.10. The average molecular weight is 281 g/mol. The fraction of sp³-hybridized carbons (Fsp3) is 0.375. The molecule has 0 saturated carbocycles. The van der Waals surface area contributed by atoms with E-state index in [0.29, 0.717) is 11.5 Å². The van der Waals surface area contributed by atoms with Gasteiger partial charge in [0.15, 0.2) is 5.78 Å². The molecule has 0 amide bonds. The zero-order valence-corrected chi connectivity index (χ0v) is 10.0. The van der Waals surface area contributed by atoms with E-state index in [1.807, 2.05) is 11.4 Å². The molecule has 5 heteroatoms. The van der Waals surface area contributed by atoms with Crippen LogP contribution in [0, 0.1) is 0 Å². The molecule has 1 aromatic rings. The van der Waals surface area contributed by atoms with Crippen molar-refractivity contribution in [3.8, 4) is 0 Å². The Labute approximate surface area is 93.5 Å². The number of halogens is 1. The van der Waals surface area contributed by atoms with Gasteiger partial charge >= 0.3 is 0 Å². The molecule has 0 unspecified atom stereocenters. The minimum absolute atomic E-state index is 0.125. The number of Topliss-reactive ketones (excluding diaryl/α,β-unsaturated/α-hetero) is 1. The molecule has 1 heterocycles. The molecule has 1 rings (SSSR count). The number of rotatable bonds is 5. The van der Waals surface area contributed by atoms with Crippen LogP contribution in [0.2, 0.25) is 0 Å². The van der Waals surface area contributed by atoms with Gasteiger partial charge < -0.3 is 5.11 Å². The van der Waals surface area contributed by atoms with Crippen molar-refractivity contribution >= 4 is 44.8 Å². The van der Waals surface area contributed by atoms with Crippen molar-refractivity contribution in [2.24, 2.45) is 0 Å². The fourth-order valence-corrected chi connectivity index (χ4v) is 3.02. The van der Waals surface area contributed by atoms with Crippen LogP contribution in [0.15, 0.2) is 15.9 Å². The largest absolute Gasteiger partial charge is 0.396 e. The minimum atomic E-state index is 0.125. The van der Waals surface area contributed by atoms with E-state index < -0.39 is 0 Å². The molecule has 2 nitrogen and oxygen atoms in total. The zero-order valence-electron chi connectivity index (χ0n) is 6.83. The molecule has 0 aliphatic rings. The van der Waals surface area contributed by atoms with Gasteiger partial charge in [0, 0.05) is 10.2 Å². The van der Waals surface area contributed by atoms with Gasteiger partial charge in [0.05, 0.1) is 17.2 Å². The molecule has 0 bridgehead atoms. The summed E-state index contributed by atoms with van der Waals surface area (Å²) >= 11 is 6.20. The van der Waals surface area contributed by atoms with Crippen LogP contribution < -0.4 is 0 Å². The highest BCUT2D eigenvalue weighted by atomic mass is 79.9. The topological polar surface area (TPSA) is 37.3 Å². The Morgan fingerprint density at radius 1 is 1.69 bits per heavy atom. The van der Waals surface area contributed by atoms with Gasteiger partial charge in [0.2, 0.25) is 0 Å². The molecule has 0 aromatic carbocycles. The van der Waals surface area contributed by atoms with Crippen molar-refractivity contribution < 1.29 is 9.90 Å². The van der Waals surface area contributed by atoms with Crippen LogP contribution in [-0.4, -0.2) is 29.0 Å². The van der Waals surface area contributed by atoms with Crippen molar-refractivity contribution in [2.75, 3.05) is 18.1 Å². The third kappa shape index (κ3) is 3.42. The third-order valence-electron chi connectivity index (χ3n) is 1.34. The third-order valence-corrected chi connectivity index (χ3v) is 4.16. The number of hydrogen-bond donors (Lipinski definition) is 1. The van der Waals surface area contributed by atoms with E-state index >= 15 is 0 Å². The monoisotopic (exact) mass is 280 g/mol. The van der Waals surface area contributed by atoms with Gasteiger partial charge in [-0.25, -0.2) is 0 Å². The lowest BCUT2D eigenvalue weighted by molar-refractivity contribution is 0.102. The van der Waals surface area contributed by atoms with Gasteiger partial charge in [-0.15, -0.1) is 11.3 Å². The van der Waals surface area contributed by atoms with Crippen molar-refractivity contribution in [2.45, 2.75) is 0 Å². The zero-order chi connectivity index (χ0) is 9.68. The highest BCUT2D eigenvalue weighted by Crippen LogP contribution is 2.24. The molecule has 0 atom stereocenters. The molecule has 1 aromatic heterocycles. The maximum atomic E-state index is 11.5.